The van der Waals surface area contributed by atoms with Gasteiger partial charge in [0, 0.05) is 28.9 Å². The van der Waals surface area contributed by atoms with Crippen LogP contribution < -0.4 is 11.1 Å². The minimum atomic E-state index is -0.142. The van der Waals surface area contributed by atoms with Crippen molar-refractivity contribution in [3.05, 3.63) is 28.2 Å². The number of unbranched alkanes of at least 4 members (excludes halogenated alkanes) is 1. The highest BCUT2D eigenvalue weighted by Crippen LogP contribution is 2.19. The van der Waals surface area contributed by atoms with Crippen molar-refractivity contribution in [1.29, 1.82) is 0 Å². The molecular weight excluding hydrogens is 272 g/mol. The summed E-state index contributed by atoms with van der Waals surface area (Å²) < 4.78 is 0.782. The Morgan fingerprint density at radius 3 is 2.81 bits per heavy atom. The van der Waals surface area contributed by atoms with E-state index < -0.39 is 0 Å². The Hall–Kier alpha value is -1.07. The van der Waals surface area contributed by atoms with Crippen molar-refractivity contribution in [3.8, 4) is 0 Å². The van der Waals surface area contributed by atoms with Gasteiger partial charge in [-0.2, -0.15) is 0 Å². The van der Waals surface area contributed by atoms with Crippen molar-refractivity contribution < 1.29 is 9.90 Å². The van der Waals surface area contributed by atoms with Crippen LogP contribution in [0, 0.1) is 0 Å². The maximum Gasteiger partial charge on any atom is 0.251 e. The summed E-state index contributed by atoms with van der Waals surface area (Å²) in [6, 6.07) is 5.09. The third kappa shape index (κ3) is 3.83. The second-order valence-corrected chi connectivity index (χ2v) is 4.28. The minimum Gasteiger partial charge on any atom is -0.398 e. The van der Waals surface area contributed by atoms with Gasteiger partial charge in [-0.05, 0) is 47.0 Å². The first-order valence-electron chi connectivity index (χ1n) is 5.09. The standard InChI is InChI=1S/C11H15BrN2O2/c12-9-4-3-8(7-10(9)13)11(16)14-5-1-2-6-15/h3-4,7,15H,1-2,5-6,13H2,(H,14,16). The van der Waals surface area contributed by atoms with Crippen LogP contribution in [-0.4, -0.2) is 24.2 Å². The Morgan fingerprint density at radius 1 is 1.44 bits per heavy atom. The molecule has 0 aliphatic heterocycles. The molecule has 1 aromatic carbocycles. The summed E-state index contributed by atoms with van der Waals surface area (Å²) in [5, 5.41) is 11.3. The maximum atomic E-state index is 11.6. The van der Waals surface area contributed by atoms with E-state index in [1.54, 1.807) is 18.2 Å². The van der Waals surface area contributed by atoms with Crippen LogP contribution in [0.1, 0.15) is 23.2 Å². The average molecular weight is 287 g/mol. The molecule has 0 radical (unpaired) electrons. The van der Waals surface area contributed by atoms with Gasteiger partial charge in [0.05, 0.1) is 0 Å². The number of benzene rings is 1. The van der Waals surface area contributed by atoms with Crippen LogP contribution in [0.5, 0.6) is 0 Å². The number of anilines is 1. The Labute approximate surface area is 103 Å². The largest absolute Gasteiger partial charge is 0.398 e. The molecule has 88 valence electrons. The zero-order chi connectivity index (χ0) is 12.0. The third-order valence-electron chi connectivity index (χ3n) is 2.13. The first kappa shape index (κ1) is 13.0. The molecule has 1 aromatic rings. The number of hydrogen-bond acceptors (Lipinski definition) is 3. The quantitative estimate of drug-likeness (QED) is 0.568. The van der Waals surface area contributed by atoms with Crippen LogP contribution in [0.3, 0.4) is 0 Å². The van der Waals surface area contributed by atoms with E-state index in [-0.39, 0.29) is 12.5 Å². The molecule has 16 heavy (non-hydrogen) atoms. The van der Waals surface area contributed by atoms with E-state index in [1.807, 2.05) is 0 Å². The Kier molecular flexibility index (Phi) is 5.28. The zero-order valence-corrected chi connectivity index (χ0v) is 10.5. The number of amides is 1. The molecule has 0 spiro atoms. The molecule has 1 rings (SSSR count). The molecule has 4 nitrogen and oxygen atoms in total. The van der Waals surface area contributed by atoms with Gasteiger partial charge in [0.15, 0.2) is 0 Å². The number of aliphatic hydroxyl groups excluding tert-OH is 1. The Morgan fingerprint density at radius 2 is 2.19 bits per heavy atom. The van der Waals surface area contributed by atoms with Gasteiger partial charge in [0.2, 0.25) is 0 Å². The number of rotatable bonds is 5. The second-order valence-electron chi connectivity index (χ2n) is 3.42. The van der Waals surface area contributed by atoms with Crippen LogP contribution in [-0.2, 0) is 0 Å². The summed E-state index contributed by atoms with van der Waals surface area (Å²) in [5.74, 6) is -0.142. The summed E-state index contributed by atoms with van der Waals surface area (Å²) in [6.07, 6.45) is 1.47. The number of nitrogens with two attached hydrogens (primary N) is 1. The fourth-order valence-electron chi connectivity index (χ4n) is 1.23. The van der Waals surface area contributed by atoms with Crippen molar-refractivity contribution in [2.45, 2.75) is 12.8 Å². The smallest absolute Gasteiger partial charge is 0.251 e. The van der Waals surface area contributed by atoms with Crippen molar-refractivity contribution in [3.63, 3.8) is 0 Å². The van der Waals surface area contributed by atoms with Crippen LogP contribution in [0.15, 0.2) is 22.7 Å². The number of halogens is 1. The van der Waals surface area contributed by atoms with E-state index in [4.69, 9.17) is 10.8 Å². The molecule has 0 aliphatic carbocycles. The normalized spacial score (nSPS) is 10.1. The lowest BCUT2D eigenvalue weighted by atomic mass is 10.2. The van der Waals surface area contributed by atoms with Gasteiger partial charge in [-0.3, -0.25) is 4.79 Å². The molecule has 5 heteroatoms. The molecular formula is C11H15BrN2O2. The highest BCUT2D eigenvalue weighted by Gasteiger charge is 2.06. The predicted octanol–water partition coefficient (Wildman–Crippen LogP) is 1.53. The monoisotopic (exact) mass is 286 g/mol. The lowest BCUT2D eigenvalue weighted by Gasteiger charge is -2.06. The van der Waals surface area contributed by atoms with Gasteiger partial charge in [-0.15, -0.1) is 0 Å². The SMILES string of the molecule is Nc1cc(C(=O)NCCCCO)ccc1Br. The van der Waals surface area contributed by atoms with E-state index in [0.29, 0.717) is 24.2 Å². The highest BCUT2D eigenvalue weighted by molar-refractivity contribution is 9.10. The number of carbonyl (C=O) groups is 1. The van der Waals surface area contributed by atoms with Crippen LogP contribution in [0.2, 0.25) is 0 Å². The fraction of sp³-hybridized carbons (Fsp3) is 0.364. The first-order valence-corrected chi connectivity index (χ1v) is 5.88. The second kappa shape index (κ2) is 6.50. The molecule has 0 saturated heterocycles. The molecule has 0 atom stereocenters. The third-order valence-corrected chi connectivity index (χ3v) is 2.85. The first-order chi connectivity index (χ1) is 7.65. The lowest BCUT2D eigenvalue weighted by Crippen LogP contribution is -2.24. The van der Waals surface area contributed by atoms with Gasteiger partial charge in [0.25, 0.3) is 5.91 Å². The van der Waals surface area contributed by atoms with Gasteiger partial charge >= 0.3 is 0 Å². The van der Waals surface area contributed by atoms with E-state index in [9.17, 15) is 4.79 Å². The molecule has 0 fully saturated rings. The zero-order valence-electron chi connectivity index (χ0n) is 8.87. The highest BCUT2D eigenvalue weighted by atomic mass is 79.9. The maximum absolute atomic E-state index is 11.6. The summed E-state index contributed by atoms with van der Waals surface area (Å²) in [6.45, 7) is 0.719. The van der Waals surface area contributed by atoms with Crippen LogP contribution in [0.4, 0.5) is 5.69 Å². The molecule has 4 N–H and O–H groups in total. The van der Waals surface area contributed by atoms with Crippen molar-refractivity contribution in [2.24, 2.45) is 0 Å². The van der Waals surface area contributed by atoms with Crippen molar-refractivity contribution >= 4 is 27.5 Å². The number of hydrogen-bond donors (Lipinski definition) is 3. The van der Waals surface area contributed by atoms with E-state index in [1.165, 1.54) is 0 Å². The minimum absolute atomic E-state index is 0.142. The molecule has 1 amide bonds. The number of aliphatic hydroxyl groups is 1. The van der Waals surface area contributed by atoms with E-state index in [0.717, 1.165) is 10.9 Å². The lowest BCUT2D eigenvalue weighted by molar-refractivity contribution is 0.0952. The van der Waals surface area contributed by atoms with Gasteiger partial charge in [-0.25, -0.2) is 0 Å². The summed E-state index contributed by atoms with van der Waals surface area (Å²) in [4.78, 5) is 11.6. The Bertz CT molecular complexity index is 369. The molecule has 0 saturated carbocycles. The molecule has 0 heterocycles. The van der Waals surface area contributed by atoms with Crippen molar-refractivity contribution in [1.82, 2.24) is 5.32 Å². The fourth-order valence-corrected chi connectivity index (χ4v) is 1.47. The summed E-state index contributed by atoms with van der Waals surface area (Å²) in [5.41, 5.74) is 6.77. The number of nitrogen functional groups attached to an aromatic ring is 1. The van der Waals surface area contributed by atoms with Gasteiger partial charge < -0.3 is 16.2 Å². The number of nitrogens with one attached hydrogen (secondary N) is 1. The molecule has 0 aromatic heterocycles. The Balaban J connectivity index is 2.50. The van der Waals surface area contributed by atoms with Crippen LogP contribution in [0.25, 0.3) is 0 Å². The molecule has 0 aliphatic rings. The molecule has 0 bridgehead atoms. The van der Waals surface area contributed by atoms with E-state index >= 15 is 0 Å². The van der Waals surface area contributed by atoms with E-state index in [2.05, 4.69) is 21.2 Å². The van der Waals surface area contributed by atoms with Gasteiger partial charge in [-0.1, -0.05) is 0 Å². The summed E-state index contributed by atoms with van der Waals surface area (Å²) in [7, 11) is 0. The van der Waals surface area contributed by atoms with Gasteiger partial charge in [0.1, 0.15) is 0 Å². The average Bonchev–Trinajstić information content (AvgIpc) is 2.28. The molecule has 0 unspecified atom stereocenters. The number of carbonyl (C=O) groups excluding carboxylic acids is 1. The predicted molar refractivity (Wildman–Crippen MR) is 67.2 cm³/mol. The topological polar surface area (TPSA) is 75.4 Å². The van der Waals surface area contributed by atoms with Crippen molar-refractivity contribution in [2.75, 3.05) is 18.9 Å². The summed E-state index contributed by atoms with van der Waals surface area (Å²) >= 11 is 3.27. The van der Waals surface area contributed by atoms with Crippen LogP contribution >= 0.6 is 15.9 Å².